The quantitative estimate of drug-likeness (QED) is 0.724. The Morgan fingerprint density at radius 2 is 2.04 bits per heavy atom. The van der Waals surface area contributed by atoms with E-state index in [4.69, 9.17) is 14.6 Å². The maximum absolute atomic E-state index is 12.1. The molecule has 7 heteroatoms. The van der Waals surface area contributed by atoms with Crippen molar-refractivity contribution in [3.05, 3.63) is 36.0 Å². The highest BCUT2D eigenvalue weighted by molar-refractivity contribution is 6.17. The van der Waals surface area contributed by atoms with Crippen molar-refractivity contribution in [2.24, 2.45) is 0 Å². The molecule has 0 radical (unpaired) electrons. The minimum absolute atomic E-state index is 0.00460. The van der Waals surface area contributed by atoms with E-state index in [1.165, 1.54) is 12.5 Å². The van der Waals surface area contributed by atoms with E-state index in [0.717, 1.165) is 30.1 Å². The van der Waals surface area contributed by atoms with E-state index in [2.05, 4.69) is 5.32 Å². The van der Waals surface area contributed by atoms with Crippen molar-refractivity contribution in [3.8, 4) is 5.75 Å². The number of ether oxygens (including phenoxy) is 2. The predicted octanol–water partition coefficient (Wildman–Crippen LogP) is 1.29. The number of benzene rings is 1. The Balaban J connectivity index is 1.53. The standard InChI is InChI=1S/C18H22N2O5/c21-9-8-20-17(22)11-16(18(20)23)19-13-4-6-14(7-5-13)25-12-15-3-1-2-10-24-15/h4-7,11,15,19,21H,1-3,8-10,12H2. The van der Waals surface area contributed by atoms with Gasteiger partial charge in [0, 0.05) is 18.4 Å². The molecule has 2 amide bonds. The molecule has 2 aliphatic heterocycles. The zero-order chi connectivity index (χ0) is 17.6. The molecule has 0 bridgehead atoms. The fourth-order valence-electron chi connectivity index (χ4n) is 2.83. The summed E-state index contributed by atoms with van der Waals surface area (Å²) in [4.78, 5) is 24.8. The summed E-state index contributed by atoms with van der Waals surface area (Å²) < 4.78 is 11.4. The lowest BCUT2D eigenvalue weighted by atomic mass is 10.1. The molecular formula is C18H22N2O5. The number of nitrogens with zero attached hydrogens (tertiary/aromatic N) is 1. The van der Waals surface area contributed by atoms with Gasteiger partial charge in [0.2, 0.25) is 0 Å². The molecule has 7 nitrogen and oxygen atoms in total. The highest BCUT2D eigenvalue weighted by atomic mass is 16.5. The maximum Gasteiger partial charge on any atom is 0.277 e. The molecule has 1 fully saturated rings. The van der Waals surface area contributed by atoms with Gasteiger partial charge in [-0.25, -0.2) is 0 Å². The topological polar surface area (TPSA) is 88.1 Å². The number of imide groups is 1. The summed E-state index contributed by atoms with van der Waals surface area (Å²) in [7, 11) is 0. The molecule has 134 valence electrons. The summed E-state index contributed by atoms with van der Waals surface area (Å²) in [6.45, 7) is 1.07. The SMILES string of the molecule is O=C1C=C(Nc2ccc(OCC3CCCCO3)cc2)C(=O)N1CCO. The van der Waals surface area contributed by atoms with Crippen LogP contribution >= 0.6 is 0 Å². The van der Waals surface area contributed by atoms with Crippen LogP contribution in [0.5, 0.6) is 5.75 Å². The Labute approximate surface area is 146 Å². The average Bonchev–Trinajstić information content (AvgIpc) is 2.90. The van der Waals surface area contributed by atoms with Gasteiger partial charge in [-0.1, -0.05) is 0 Å². The fraction of sp³-hybridized carbons (Fsp3) is 0.444. The van der Waals surface area contributed by atoms with Gasteiger partial charge in [-0.2, -0.15) is 0 Å². The van der Waals surface area contributed by atoms with Crippen LogP contribution in [0.1, 0.15) is 19.3 Å². The number of nitrogens with one attached hydrogen (secondary N) is 1. The average molecular weight is 346 g/mol. The largest absolute Gasteiger partial charge is 0.491 e. The van der Waals surface area contributed by atoms with Crippen molar-refractivity contribution >= 4 is 17.5 Å². The number of aliphatic hydroxyl groups excluding tert-OH is 1. The van der Waals surface area contributed by atoms with Gasteiger partial charge < -0.3 is 19.9 Å². The van der Waals surface area contributed by atoms with Gasteiger partial charge in [0.25, 0.3) is 11.8 Å². The molecule has 1 aromatic carbocycles. The van der Waals surface area contributed by atoms with Crippen LogP contribution in [-0.4, -0.2) is 54.3 Å². The fourth-order valence-corrected chi connectivity index (χ4v) is 2.83. The lowest BCUT2D eigenvalue weighted by Crippen LogP contribution is -2.34. The number of amides is 2. The number of carbonyl (C=O) groups is 2. The molecular weight excluding hydrogens is 324 g/mol. The molecule has 2 heterocycles. The Hall–Kier alpha value is -2.38. The van der Waals surface area contributed by atoms with E-state index in [1.807, 2.05) is 0 Å². The second-order valence-electron chi connectivity index (χ2n) is 6.03. The van der Waals surface area contributed by atoms with E-state index >= 15 is 0 Å². The lowest BCUT2D eigenvalue weighted by molar-refractivity contribution is -0.137. The first kappa shape index (κ1) is 17.4. The monoisotopic (exact) mass is 346 g/mol. The van der Waals surface area contributed by atoms with Gasteiger partial charge in [-0.3, -0.25) is 14.5 Å². The first-order valence-corrected chi connectivity index (χ1v) is 8.47. The first-order valence-electron chi connectivity index (χ1n) is 8.47. The van der Waals surface area contributed by atoms with Crippen LogP contribution in [0, 0.1) is 0 Å². The van der Waals surface area contributed by atoms with Crippen LogP contribution in [0.2, 0.25) is 0 Å². The Kier molecular flexibility index (Phi) is 5.67. The molecule has 25 heavy (non-hydrogen) atoms. The van der Waals surface area contributed by atoms with Crippen molar-refractivity contribution in [1.82, 2.24) is 4.90 Å². The van der Waals surface area contributed by atoms with Crippen molar-refractivity contribution < 1.29 is 24.2 Å². The molecule has 1 atom stereocenters. The molecule has 1 saturated heterocycles. The zero-order valence-corrected chi connectivity index (χ0v) is 13.9. The third kappa shape index (κ3) is 4.37. The number of β-amino-alcohol motifs (C(OH)–C–C–N with tert-alkyl or cyclic N) is 1. The van der Waals surface area contributed by atoms with Crippen molar-refractivity contribution in [2.75, 3.05) is 31.7 Å². The number of aliphatic hydroxyl groups is 1. The van der Waals surface area contributed by atoms with E-state index in [0.29, 0.717) is 12.3 Å². The summed E-state index contributed by atoms with van der Waals surface area (Å²) >= 11 is 0. The van der Waals surface area contributed by atoms with Crippen LogP contribution in [0.25, 0.3) is 0 Å². The number of rotatable bonds is 7. The summed E-state index contributed by atoms with van der Waals surface area (Å²) in [5, 5.41) is 11.8. The molecule has 0 saturated carbocycles. The Bertz CT molecular complexity index is 650. The summed E-state index contributed by atoms with van der Waals surface area (Å²) in [6, 6.07) is 7.17. The molecule has 0 aliphatic carbocycles. The van der Waals surface area contributed by atoms with Gasteiger partial charge in [0.15, 0.2) is 0 Å². The Morgan fingerprint density at radius 3 is 2.72 bits per heavy atom. The molecule has 1 unspecified atom stereocenters. The summed E-state index contributed by atoms with van der Waals surface area (Å²) in [5.41, 5.74) is 0.877. The van der Waals surface area contributed by atoms with Gasteiger partial charge >= 0.3 is 0 Å². The second-order valence-corrected chi connectivity index (χ2v) is 6.03. The molecule has 0 aromatic heterocycles. The normalized spacial score (nSPS) is 20.6. The van der Waals surface area contributed by atoms with Crippen LogP contribution in [-0.2, 0) is 14.3 Å². The number of carbonyl (C=O) groups excluding carboxylic acids is 2. The minimum atomic E-state index is -0.436. The minimum Gasteiger partial charge on any atom is -0.491 e. The van der Waals surface area contributed by atoms with Crippen molar-refractivity contribution in [1.29, 1.82) is 0 Å². The highest BCUT2D eigenvalue weighted by Crippen LogP contribution is 2.21. The summed E-state index contributed by atoms with van der Waals surface area (Å²) in [6.07, 6.45) is 4.70. The van der Waals surface area contributed by atoms with Crippen LogP contribution in [0.4, 0.5) is 5.69 Å². The van der Waals surface area contributed by atoms with Crippen LogP contribution in [0.3, 0.4) is 0 Å². The number of hydrogen-bond donors (Lipinski definition) is 2. The second kappa shape index (κ2) is 8.13. The van der Waals surface area contributed by atoms with E-state index < -0.39 is 11.8 Å². The molecule has 1 aromatic rings. The molecule has 2 N–H and O–H groups in total. The van der Waals surface area contributed by atoms with Crippen LogP contribution < -0.4 is 10.1 Å². The smallest absolute Gasteiger partial charge is 0.277 e. The third-order valence-corrected chi connectivity index (χ3v) is 4.18. The molecule has 0 spiro atoms. The maximum atomic E-state index is 12.1. The van der Waals surface area contributed by atoms with Crippen molar-refractivity contribution in [2.45, 2.75) is 25.4 Å². The highest BCUT2D eigenvalue weighted by Gasteiger charge is 2.30. The van der Waals surface area contributed by atoms with Gasteiger partial charge in [0.05, 0.1) is 19.3 Å². The van der Waals surface area contributed by atoms with Gasteiger partial charge in [-0.15, -0.1) is 0 Å². The first-order chi connectivity index (χ1) is 12.2. The third-order valence-electron chi connectivity index (χ3n) is 4.18. The zero-order valence-electron chi connectivity index (χ0n) is 13.9. The lowest BCUT2D eigenvalue weighted by Gasteiger charge is -2.22. The van der Waals surface area contributed by atoms with E-state index in [-0.39, 0.29) is 25.0 Å². The summed E-state index contributed by atoms with van der Waals surface area (Å²) in [5.74, 6) is -0.132. The van der Waals surface area contributed by atoms with Crippen LogP contribution in [0.15, 0.2) is 36.0 Å². The van der Waals surface area contributed by atoms with Gasteiger partial charge in [0.1, 0.15) is 18.1 Å². The van der Waals surface area contributed by atoms with Crippen molar-refractivity contribution in [3.63, 3.8) is 0 Å². The predicted molar refractivity (Wildman–Crippen MR) is 91.0 cm³/mol. The number of anilines is 1. The number of hydrogen-bond acceptors (Lipinski definition) is 6. The van der Waals surface area contributed by atoms with Gasteiger partial charge in [-0.05, 0) is 43.5 Å². The van der Waals surface area contributed by atoms with E-state index in [9.17, 15) is 9.59 Å². The van der Waals surface area contributed by atoms with E-state index in [1.54, 1.807) is 24.3 Å². The molecule has 3 rings (SSSR count). The molecule has 2 aliphatic rings. The Morgan fingerprint density at radius 1 is 1.24 bits per heavy atom.